The number of unbranched alkanes of at least 4 members (excludes halogenated alkanes) is 1. The third-order valence-electron chi connectivity index (χ3n) is 3.91. The van der Waals surface area contributed by atoms with Gasteiger partial charge in [-0.05, 0) is 38.4 Å². The molecular formula is C16H36O3Si. The van der Waals surface area contributed by atoms with Crippen molar-refractivity contribution in [2.75, 3.05) is 19.8 Å². The maximum atomic E-state index is 6.27. The van der Waals surface area contributed by atoms with E-state index < -0.39 is 8.32 Å². The summed E-state index contributed by atoms with van der Waals surface area (Å²) < 4.78 is 17.6. The van der Waals surface area contributed by atoms with Crippen LogP contribution in [-0.4, -0.2) is 40.3 Å². The Morgan fingerprint density at radius 2 is 1.60 bits per heavy atom. The van der Waals surface area contributed by atoms with E-state index in [-0.39, 0.29) is 17.2 Å². The maximum Gasteiger partial charge on any atom is 0.192 e. The lowest BCUT2D eigenvalue weighted by molar-refractivity contribution is -0.0341. The quantitative estimate of drug-likeness (QED) is 0.435. The molecule has 2 atom stereocenters. The lowest BCUT2D eigenvalue weighted by Gasteiger charge is -2.38. The summed E-state index contributed by atoms with van der Waals surface area (Å²) in [5.41, 5.74) is 0. The first-order valence-electron chi connectivity index (χ1n) is 7.97. The second-order valence-corrected chi connectivity index (χ2v) is 12.0. The van der Waals surface area contributed by atoms with E-state index in [2.05, 4.69) is 54.6 Å². The first-order valence-corrected chi connectivity index (χ1v) is 10.9. The van der Waals surface area contributed by atoms with Crippen LogP contribution in [0.4, 0.5) is 0 Å². The van der Waals surface area contributed by atoms with Crippen molar-refractivity contribution in [1.82, 2.24) is 0 Å². The van der Waals surface area contributed by atoms with Crippen molar-refractivity contribution >= 4 is 8.32 Å². The van der Waals surface area contributed by atoms with Crippen molar-refractivity contribution in [2.45, 2.75) is 84.7 Å². The van der Waals surface area contributed by atoms with E-state index >= 15 is 0 Å². The maximum absolute atomic E-state index is 6.27. The Morgan fingerprint density at radius 1 is 1.00 bits per heavy atom. The topological polar surface area (TPSA) is 27.7 Å². The molecule has 0 aliphatic heterocycles. The van der Waals surface area contributed by atoms with Crippen LogP contribution in [0.5, 0.6) is 0 Å². The minimum atomic E-state index is -1.69. The average Bonchev–Trinajstić information content (AvgIpc) is 2.30. The largest absolute Gasteiger partial charge is 0.412 e. The fourth-order valence-electron chi connectivity index (χ4n) is 1.56. The Labute approximate surface area is 127 Å². The zero-order chi connectivity index (χ0) is 15.8. The summed E-state index contributed by atoms with van der Waals surface area (Å²) in [5, 5.41) is 0.246. The van der Waals surface area contributed by atoms with E-state index in [1.807, 2.05) is 0 Å². The lowest BCUT2D eigenvalue weighted by Crippen LogP contribution is -2.44. The van der Waals surface area contributed by atoms with Crippen LogP contribution in [0, 0.1) is 0 Å². The molecule has 0 aliphatic carbocycles. The minimum absolute atomic E-state index is 0.136. The van der Waals surface area contributed by atoms with Gasteiger partial charge >= 0.3 is 0 Å². The fraction of sp³-hybridized carbons (Fsp3) is 1.00. The Bertz CT molecular complexity index is 249. The van der Waals surface area contributed by atoms with Gasteiger partial charge in [-0.25, -0.2) is 0 Å². The van der Waals surface area contributed by atoms with Crippen LogP contribution in [0.15, 0.2) is 0 Å². The van der Waals surface area contributed by atoms with Crippen LogP contribution < -0.4 is 0 Å². The third kappa shape index (κ3) is 8.40. The summed E-state index contributed by atoms with van der Waals surface area (Å²) in [6, 6.07) is 0. The summed E-state index contributed by atoms with van der Waals surface area (Å²) in [6.45, 7) is 19.8. The molecule has 0 spiro atoms. The van der Waals surface area contributed by atoms with Gasteiger partial charge in [-0.15, -0.1) is 0 Å². The van der Waals surface area contributed by atoms with Crippen LogP contribution in [0.1, 0.15) is 54.4 Å². The molecule has 0 aromatic carbocycles. The molecule has 3 nitrogen and oxygen atoms in total. The molecule has 0 heterocycles. The van der Waals surface area contributed by atoms with Gasteiger partial charge in [-0.2, -0.15) is 0 Å². The van der Waals surface area contributed by atoms with E-state index in [4.69, 9.17) is 13.9 Å². The zero-order valence-electron chi connectivity index (χ0n) is 14.9. The molecule has 122 valence electrons. The van der Waals surface area contributed by atoms with E-state index in [9.17, 15) is 0 Å². The highest BCUT2D eigenvalue weighted by Gasteiger charge is 2.38. The molecule has 2 unspecified atom stereocenters. The van der Waals surface area contributed by atoms with Crippen molar-refractivity contribution < 1.29 is 13.9 Å². The molecule has 0 aromatic heterocycles. The van der Waals surface area contributed by atoms with E-state index in [0.717, 1.165) is 13.0 Å². The summed E-state index contributed by atoms with van der Waals surface area (Å²) in [5.74, 6) is 0. The highest BCUT2D eigenvalue weighted by Crippen LogP contribution is 2.37. The van der Waals surface area contributed by atoms with Crippen molar-refractivity contribution in [3.05, 3.63) is 0 Å². The molecule has 0 aliphatic rings. The Morgan fingerprint density at radius 3 is 2.10 bits per heavy atom. The van der Waals surface area contributed by atoms with Gasteiger partial charge in [0.1, 0.15) is 0 Å². The summed E-state index contributed by atoms with van der Waals surface area (Å²) >= 11 is 0. The Hall–Kier alpha value is 0.0969. The Kier molecular flexibility index (Phi) is 9.23. The van der Waals surface area contributed by atoms with Crippen LogP contribution in [0.3, 0.4) is 0 Å². The highest BCUT2D eigenvalue weighted by atomic mass is 28.4. The molecule has 0 amide bonds. The summed E-state index contributed by atoms with van der Waals surface area (Å²) in [4.78, 5) is 0. The highest BCUT2D eigenvalue weighted by molar-refractivity contribution is 6.74. The number of ether oxygens (including phenoxy) is 2. The second-order valence-electron chi connectivity index (χ2n) is 7.26. The van der Waals surface area contributed by atoms with Crippen LogP contribution in [-0.2, 0) is 13.9 Å². The predicted octanol–water partition coefficient (Wildman–Crippen LogP) is 4.62. The third-order valence-corrected chi connectivity index (χ3v) is 8.52. The number of hydrogen-bond donors (Lipinski definition) is 0. The Balaban J connectivity index is 3.90. The fourth-order valence-corrected chi connectivity index (χ4v) is 2.98. The van der Waals surface area contributed by atoms with Crippen molar-refractivity contribution in [3.8, 4) is 0 Å². The molecule has 4 heteroatoms. The molecule has 0 fully saturated rings. The van der Waals surface area contributed by atoms with Gasteiger partial charge in [-0.3, -0.25) is 0 Å². The molecule has 0 N–H and O–H groups in total. The van der Waals surface area contributed by atoms with Crippen molar-refractivity contribution in [3.63, 3.8) is 0 Å². The monoisotopic (exact) mass is 304 g/mol. The average molecular weight is 305 g/mol. The second kappa shape index (κ2) is 9.18. The molecule has 0 saturated heterocycles. The smallest absolute Gasteiger partial charge is 0.192 e. The van der Waals surface area contributed by atoms with Gasteiger partial charge in [0, 0.05) is 6.61 Å². The summed E-state index contributed by atoms with van der Waals surface area (Å²) in [7, 11) is -1.69. The van der Waals surface area contributed by atoms with Crippen molar-refractivity contribution in [2.24, 2.45) is 0 Å². The van der Waals surface area contributed by atoms with Gasteiger partial charge in [0.2, 0.25) is 0 Å². The van der Waals surface area contributed by atoms with Crippen molar-refractivity contribution in [1.29, 1.82) is 0 Å². The zero-order valence-corrected chi connectivity index (χ0v) is 15.9. The van der Waals surface area contributed by atoms with E-state index in [1.165, 1.54) is 6.42 Å². The van der Waals surface area contributed by atoms with Gasteiger partial charge in [0.25, 0.3) is 0 Å². The van der Waals surface area contributed by atoms with Gasteiger partial charge < -0.3 is 13.9 Å². The molecular weight excluding hydrogens is 268 g/mol. The first kappa shape index (κ1) is 20.1. The van der Waals surface area contributed by atoms with Crippen LogP contribution >= 0.6 is 0 Å². The summed E-state index contributed by atoms with van der Waals surface area (Å²) in [6.07, 6.45) is 2.58. The molecule has 0 bridgehead atoms. The molecule has 0 saturated carbocycles. The number of rotatable bonds is 10. The van der Waals surface area contributed by atoms with Crippen LogP contribution in [0.25, 0.3) is 0 Å². The molecule has 0 aromatic rings. The van der Waals surface area contributed by atoms with Gasteiger partial charge in [0.05, 0.1) is 25.4 Å². The van der Waals surface area contributed by atoms with Crippen LogP contribution in [0.2, 0.25) is 18.1 Å². The SMILES string of the molecule is CCCCOCC(C)OCC(C)O[Si](C)(C)C(C)(C)C. The minimum Gasteiger partial charge on any atom is -0.412 e. The first-order chi connectivity index (χ1) is 9.10. The standard InChI is InChI=1S/C16H36O3Si/c1-9-10-11-17-12-14(2)18-13-15(3)19-20(7,8)16(4,5)6/h14-15H,9-13H2,1-8H3. The lowest BCUT2D eigenvalue weighted by atomic mass is 10.2. The molecule has 20 heavy (non-hydrogen) atoms. The van der Waals surface area contributed by atoms with E-state index in [0.29, 0.717) is 13.2 Å². The molecule has 0 rings (SSSR count). The number of hydrogen-bond acceptors (Lipinski definition) is 3. The molecule has 0 radical (unpaired) electrons. The van der Waals surface area contributed by atoms with Gasteiger partial charge in [-0.1, -0.05) is 34.1 Å². The van der Waals surface area contributed by atoms with E-state index in [1.54, 1.807) is 0 Å². The normalized spacial score (nSPS) is 16.2. The predicted molar refractivity (Wildman–Crippen MR) is 88.9 cm³/mol. The van der Waals surface area contributed by atoms with Gasteiger partial charge in [0.15, 0.2) is 8.32 Å².